The van der Waals surface area contributed by atoms with Gasteiger partial charge < -0.3 is 4.74 Å². The first kappa shape index (κ1) is 33.5. The summed E-state index contributed by atoms with van der Waals surface area (Å²) in [6, 6.07) is 0. The van der Waals surface area contributed by atoms with Crippen molar-refractivity contribution in [1.29, 1.82) is 0 Å². The van der Waals surface area contributed by atoms with E-state index < -0.39 is 0 Å². The molecule has 0 aromatic heterocycles. The molecular weight excluding hydrogens is 416 g/mol. The molecule has 0 spiro atoms. The number of ether oxygens (including phenoxy) is 1. The van der Waals surface area contributed by atoms with Gasteiger partial charge in [-0.15, -0.1) is 0 Å². The molecule has 0 saturated carbocycles. The summed E-state index contributed by atoms with van der Waals surface area (Å²) >= 11 is 0. The van der Waals surface area contributed by atoms with Gasteiger partial charge in [0.15, 0.2) is 0 Å². The molecule has 0 N–H and O–H groups in total. The lowest BCUT2D eigenvalue weighted by molar-refractivity contribution is -0.150. The van der Waals surface area contributed by atoms with E-state index in [1.165, 1.54) is 141 Å². The van der Waals surface area contributed by atoms with Crippen molar-refractivity contribution in [2.24, 2.45) is 11.8 Å². The molecule has 0 radical (unpaired) electrons. The fourth-order valence-electron chi connectivity index (χ4n) is 5.07. The summed E-state index contributed by atoms with van der Waals surface area (Å²) in [7, 11) is 0. The van der Waals surface area contributed by atoms with Crippen molar-refractivity contribution < 1.29 is 9.53 Å². The lowest BCUT2D eigenvalue weighted by Gasteiger charge is -2.20. The molecule has 0 rings (SSSR count). The van der Waals surface area contributed by atoms with Crippen molar-refractivity contribution in [1.82, 2.24) is 0 Å². The molecule has 0 saturated heterocycles. The first-order chi connectivity index (χ1) is 16.7. The predicted molar refractivity (Wildman–Crippen MR) is 151 cm³/mol. The molecule has 0 amide bonds. The van der Waals surface area contributed by atoms with Gasteiger partial charge in [-0.25, -0.2) is 0 Å². The van der Waals surface area contributed by atoms with E-state index in [0.29, 0.717) is 12.5 Å². The van der Waals surface area contributed by atoms with Gasteiger partial charge in [-0.2, -0.15) is 0 Å². The Kier molecular flexibility index (Phi) is 26.6. The zero-order valence-electron chi connectivity index (χ0n) is 24.1. The monoisotopic (exact) mass is 480 g/mol. The first-order valence-electron chi connectivity index (χ1n) is 15.9. The summed E-state index contributed by atoms with van der Waals surface area (Å²) in [6.07, 6.45) is 30.6. The number of carbonyl (C=O) groups excluding carboxylic acids is 1. The first-order valence-corrected chi connectivity index (χ1v) is 15.9. The number of hydrogen-bond acceptors (Lipinski definition) is 2. The molecule has 0 aliphatic carbocycles. The smallest absolute Gasteiger partial charge is 0.308 e. The summed E-state index contributed by atoms with van der Waals surface area (Å²) < 4.78 is 6.03. The van der Waals surface area contributed by atoms with Gasteiger partial charge in [-0.3, -0.25) is 4.79 Å². The zero-order valence-corrected chi connectivity index (χ0v) is 24.1. The van der Waals surface area contributed by atoms with Crippen LogP contribution < -0.4 is 0 Å². The number of rotatable bonds is 27. The Bertz CT molecular complexity index is 406. The molecule has 2 unspecified atom stereocenters. The maximum absolute atomic E-state index is 13.1. The van der Waals surface area contributed by atoms with E-state index in [1.807, 2.05) is 0 Å². The van der Waals surface area contributed by atoms with Crippen molar-refractivity contribution >= 4 is 5.97 Å². The Morgan fingerprint density at radius 3 is 1.21 bits per heavy atom. The van der Waals surface area contributed by atoms with E-state index in [-0.39, 0.29) is 11.9 Å². The maximum Gasteiger partial charge on any atom is 0.308 e. The zero-order chi connectivity index (χ0) is 25.1. The van der Waals surface area contributed by atoms with Gasteiger partial charge in [0.05, 0.1) is 12.5 Å². The quantitative estimate of drug-likeness (QED) is 0.0862. The SMILES string of the molecule is CCCCCCCCC(CCCCCC)COC(=O)C(CCCCCC)CCCCCCCC. The van der Waals surface area contributed by atoms with Crippen molar-refractivity contribution in [3.05, 3.63) is 0 Å². The van der Waals surface area contributed by atoms with Gasteiger partial charge in [-0.1, -0.05) is 156 Å². The summed E-state index contributed by atoms with van der Waals surface area (Å²) in [5, 5.41) is 0. The highest BCUT2D eigenvalue weighted by Crippen LogP contribution is 2.23. The van der Waals surface area contributed by atoms with Crippen LogP contribution in [0.2, 0.25) is 0 Å². The van der Waals surface area contributed by atoms with Crippen molar-refractivity contribution in [2.45, 2.75) is 182 Å². The molecule has 0 aliphatic heterocycles. The third kappa shape index (κ3) is 22.0. The Hall–Kier alpha value is -0.530. The normalized spacial score (nSPS) is 13.2. The highest BCUT2D eigenvalue weighted by atomic mass is 16.5. The van der Waals surface area contributed by atoms with E-state index in [9.17, 15) is 4.79 Å². The standard InChI is InChI=1S/C32H64O2/c1-5-9-13-17-19-22-26-30(25-21-15-11-7-3)29-34-32(33)31(27-23-16-12-8-4)28-24-20-18-14-10-6-2/h30-31H,5-29H2,1-4H3. The minimum Gasteiger partial charge on any atom is -0.465 e. The van der Waals surface area contributed by atoms with Gasteiger partial charge in [0.1, 0.15) is 0 Å². The van der Waals surface area contributed by atoms with Crippen LogP contribution in [0, 0.1) is 11.8 Å². The van der Waals surface area contributed by atoms with Crippen LogP contribution in [0.5, 0.6) is 0 Å². The van der Waals surface area contributed by atoms with Crippen LogP contribution in [0.3, 0.4) is 0 Å². The molecule has 34 heavy (non-hydrogen) atoms. The Balaban J connectivity index is 4.54. The fraction of sp³-hybridized carbons (Fsp3) is 0.969. The summed E-state index contributed by atoms with van der Waals surface area (Å²) in [5.41, 5.74) is 0. The van der Waals surface area contributed by atoms with Crippen molar-refractivity contribution in [2.75, 3.05) is 6.61 Å². The second-order valence-electron chi connectivity index (χ2n) is 11.0. The van der Waals surface area contributed by atoms with E-state index in [0.717, 1.165) is 12.8 Å². The highest BCUT2D eigenvalue weighted by Gasteiger charge is 2.21. The van der Waals surface area contributed by atoms with Crippen molar-refractivity contribution in [3.8, 4) is 0 Å². The second kappa shape index (κ2) is 27.1. The van der Waals surface area contributed by atoms with Crippen LogP contribution in [-0.2, 0) is 9.53 Å². The van der Waals surface area contributed by atoms with E-state index >= 15 is 0 Å². The third-order valence-electron chi connectivity index (χ3n) is 7.54. The van der Waals surface area contributed by atoms with Crippen molar-refractivity contribution in [3.63, 3.8) is 0 Å². The fourth-order valence-corrected chi connectivity index (χ4v) is 5.07. The summed E-state index contributed by atoms with van der Waals surface area (Å²) in [5.74, 6) is 0.825. The lowest BCUT2D eigenvalue weighted by Crippen LogP contribution is -2.22. The minimum absolute atomic E-state index is 0.117. The predicted octanol–water partition coefficient (Wildman–Crippen LogP) is 11.2. The molecule has 0 aromatic carbocycles. The van der Waals surface area contributed by atoms with E-state index in [1.54, 1.807) is 0 Å². The number of unbranched alkanes of at least 4 members (excludes halogenated alkanes) is 16. The average Bonchev–Trinajstić information content (AvgIpc) is 2.85. The van der Waals surface area contributed by atoms with Gasteiger partial charge in [-0.05, 0) is 31.6 Å². The molecule has 2 atom stereocenters. The van der Waals surface area contributed by atoms with Gasteiger partial charge >= 0.3 is 5.97 Å². The van der Waals surface area contributed by atoms with Crippen LogP contribution in [0.1, 0.15) is 182 Å². The second-order valence-corrected chi connectivity index (χ2v) is 11.0. The molecule has 0 aliphatic rings. The molecule has 0 bridgehead atoms. The lowest BCUT2D eigenvalue weighted by atomic mass is 9.93. The Morgan fingerprint density at radius 2 is 0.794 bits per heavy atom. The minimum atomic E-state index is 0.117. The highest BCUT2D eigenvalue weighted by molar-refractivity contribution is 5.72. The van der Waals surface area contributed by atoms with Gasteiger partial charge in [0.2, 0.25) is 0 Å². The third-order valence-corrected chi connectivity index (χ3v) is 7.54. The molecular formula is C32H64O2. The topological polar surface area (TPSA) is 26.3 Å². The van der Waals surface area contributed by atoms with E-state index in [2.05, 4.69) is 27.7 Å². The average molecular weight is 481 g/mol. The van der Waals surface area contributed by atoms with Crippen LogP contribution >= 0.6 is 0 Å². The Labute approximate surface area is 215 Å². The van der Waals surface area contributed by atoms with Crippen LogP contribution in [-0.4, -0.2) is 12.6 Å². The molecule has 204 valence electrons. The van der Waals surface area contributed by atoms with Gasteiger partial charge in [0.25, 0.3) is 0 Å². The molecule has 2 nitrogen and oxygen atoms in total. The van der Waals surface area contributed by atoms with Crippen LogP contribution in [0.4, 0.5) is 0 Å². The summed E-state index contributed by atoms with van der Waals surface area (Å²) in [6.45, 7) is 9.75. The van der Waals surface area contributed by atoms with Crippen LogP contribution in [0.15, 0.2) is 0 Å². The molecule has 2 heteroatoms. The largest absolute Gasteiger partial charge is 0.465 e. The molecule has 0 heterocycles. The van der Waals surface area contributed by atoms with Gasteiger partial charge in [0, 0.05) is 0 Å². The molecule has 0 fully saturated rings. The number of esters is 1. The number of hydrogen-bond donors (Lipinski definition) is 0. The Morgan fingerprint density at radius 1 is 0.471 bits per heavy atom. The molecule has 0 aromatic rings. The maximum atomic E-state index is 13.1. The van der Waals surface area contributed by atoms with E-state index in [4.69, 9.17) is 4.74 Å². The van der Waals surface area contributed by atoms with Crippen LogP contribution in [0.25, 0.3) is 0 Å². The number of carbonyl (C=O) groups is 1. The summed E-state index contributed by atoms with van der Waals surface area (Å²) in [4.78, 5) is 13.1.